The Morgan fingerprint density at radius 1 is 0.658 bits per heavy atom. The van der Waals surface area contributed by atoms with E-state index in [-0.39, 0.29) is 5.56 Å². The lowest BCUT2D eigenvalue weighted by Crippen LogP contribution is -2.18. The summed E-state index contributed by atoms with van der Waals surface area (Å²) in [6, 6.07) is 26.4. The number of fused-ring (bicyclic) bond motifs is 5. The summed E-state index contributed by atoms with van der Waals surface area (Å²) in [5.41, 5.74) is 6.94. The summed E-state index contributed by atoms with van der Waals surface area (Å²) in [6.45, 7) is 2.16. The number of methoxy groups -OCH3 is 2. The third kappa shape index (κ3) is 4.52. The lowest BCUT2D eigenvalue weighted by Gasteiger charge is -2.25. The monoisotopic (exact) mass is 522 g/mol. The van der Waals surface area contributed by atoms with Gasteiger partial charge < -0.3 is 9.47 Å². The van der Waals surface area contributed by atoms with Gasteiger partial charge in [0, 0.05) is 15.4 Å². The summed E-state index contributed by atoms with van der Waals surface area (Å²) >= 11 is 1.71. The quantitative estimate of drug-likeness (QED) is 0.158. The van der Waals surface area contributed by atoms with Gasteiger partial charge in [-0.1, -0.05) is 98.3 Å². The van der Waals surface area contributed by atoms with Crippen molar-refractivity contribution in [2.45, 2.75) is 42.4 Å². The third-order valence-electron chi connectivity index (χ3n) is 7.01. The van der Waals surface area contributed by atoms with Crippen molar-refractivity contribution in [1.29, 1.82) is 0 Å². The van der Waals surface area contributed by atoms with Crippen LogP contribution in [0, 0.1) is 0 Å². The van der Waals surface area contributed by atoms with E-state index >= 15 is 0 Å². The zero-order valence-electron chi connectivity index (χ0n) is 21.9. The Balaban J connectivity index is 2.06. The Kier molecular flexibility index (Phi) is 7.66. The molecule has 0 saturated carbocycles. The number of hydrogen-bond acceptors (Lipinski definition) is 5. The molecule has 0 spiro atoms. The van der Waals surface area contributed by atoms with Crippen molar-refractivity contribution in [2.24, 2.45) is 0 Å². The SMILES string of the molecule is CCCCCc1c(C(=O)OC)c(C(=O)OC)c(-c2ccccc2)c2c1-c1ccccc1Sc1ccccc1-2. The van der Waals surface area contributed by atoms with Gasteiger partial charge in [-0.05, 0) is 58.4 Å². The molecule has 4 nitrogen and oxygen atoms in total. The molecule has 0 aliphatic carbocycles. The van der Waals surface area contributed by atoms with Gasteiger partial charge in [-0.15, -0.1) is 0 Å². The van der Waals surface area contributed by atoms with Crippen molar-refractivity contribution in [3.05, 3.63) is 95.6 Å². The molecule has 0 N–H and O–H groups in total. The summed E-state index contributed by atoms with van der Waals surface area (Å²) in [5.74, 6) is -1.08. The number of esters is 2. The minimum Gasteiger partial charge on any atom is -0.465 e. The molecular formula is C33H30O4S. The molecule has 0 radical (unpaired) electrons. The van der Waals surface area contributed by atoms with Crippen LogP contribution in [0.25, 0.3) is 33.4 Å². The Hall–Kier alpha value is -3.83. The van der Waals surface area contributed by atoms with E-state index in [0.717, 1.165) is 62.4 Å². The van der Waals surface area contributed by atoms with Gasteiger partial charge >= 0.3 is 11.9 Å². The van der Waals surface area contributed by atoms with Crippen molar-refractivity contribution < 1.29 is 19.1 Å². The number of carbonyl (C=O) groups is 2. The van der Waals surface area contributed by atoms with Crippen LogP contribution >= 0.6 is 11.8 Å². The molecule has 5 heteroatoms. The number of hydrogen-bond donors (Lipinski definition) is 0. The Labute approximate surface area is 228 Å². The van der Waals surface area contributed by atoms with E-state index in [4.69, 9.17) is 9.47 Å². The summed E-state index contributed by atoms with van der Waals surface area (Å²) in [5, 5.41) is 0. The summed E-state index contributed by atoms with van der Waals surface area (Å²) in [4.78, 5) is 29.4. The topological polar surface area (TPSA) is 52.6 Å². The van der Waals surface area contributed by atoms with Crippen LogP contribution in [0.1, 0.15) is 52.5 Å². The molecule has 4 aromatic carbocycles. The molecule has 0 atom stereocenters. The highest BCUT2D eigenvalue weighted by atomic mass is 32.2. The molecule has 0 aromatic heterocycles. The number of rotatable bonds is 7. The van der Waals surface area contributed by atoms with Gasteiger partial charge in [0.2, 0.25) is 0 Å². The first-order chi connectivity index (χ1) is 18.6. The number of ether oxygens (including phenoxy) is 2. The zero-order chi connectivity index (χ0) is 26.6. The van der Waals surface area contributed by atoms with E-state index in [1.807, 2.05) is 54.6 Å². The van der Waals surface area contributed by atoms with E-state index in [1.54, 1.807) is 11.8 Å². The first-order valence-corrected chi connectivity index (χ1v) is 13.7. The van der Waals surface area contributed by atoms with Crippen LogP contribution in [0.5, 0.6) is 0 Å². The molecule has 38 heavy (non-hydrogen) atoms. The molecule has 0 bridgehead atoms. The molecule has 1 heterocycles. The second-order valence-corrected chi connectivity index (χ2v) is 10.3. The Morgan fingerprint density at radius 3 is 1.82 bits per heavy atom. The average molecular weight is 523 g/mol. The fourth-order valence-corrected chi connectivity index (χ4v) is 6.43. The van der Waals surface area contributed by atoms with E-state index in [9.17, 15) is 9.59 Å². The van der Waals surface area contributed by atoms with Gasteiger partial charge in [-0.3, -0.25) is 0 Å². The maximum atomic E-state index is 13.6. The normalized spacial score (nSPS) is 11.6. The molecule has 1 aliphatic rings. The van der Waals surface area contributed by atoms with Crippen molar-refractivity contribution in [3.8, 4) is 33.4 Å². The Bertz CT molecular complexity index is 1510. The average Bonchev–Trinajstić information content (AvgIpc) is 3.11. The van der Waals surface area contributed by atoms with E-state index in [1.165, 1.54) is 14.2 Å². The molecule has 4 aromatic rings. The molecule has 0 saturated heterocycles. The van der Waals surface area contributed by atoms with Gasteiger partial charge in [0.15, 0.2) is 0 Å². The number of carbonyl (C=O) groups excluding carboxylic acids is 2. The molecule has 192 valence electrons. The molecule has 1 aliphatic heterocycles. The summed E-state index contributed by atoms with van der Waals surface area (Å²) < 4.78 is 10.7. The standard InChI is InChI=1S/C33H30O4S/c1-4-5-7-18-24-28-22-16-10-12-19-25(22)38-26-20-13-11-17-23(26)29(28)27(21-14-8-6-9-15-21)31(33(35)37-3)30(24)32(34)36-2/h6,8-17,19-20H,4-5,7,18H2,1-3H3. The number of benzene rings is 4. The van der Waals surface area contributed by atoms with Gasteiger partial charge in [0.25, 0.3) is 0 Å². The third-order valence-corrected chi connectivity index (χ3v) is 8.16. The Morgan fingerprint density at radius 2 is 1.21 bits per heavy atom. The predicted molar refractivity (Wildman–Crippen MR) is 153 cm³/mol. The van der Waals surface area contributed by atoms with Gasteiger partial charge in [-0.25, -0.2) is 9.59 Å². The highest BCUT2D eigenvalue weighted by molar-refractivity contribution is 7.99. The van der Waals surface area contributed by atoms with Crippen molar-refractivity contribution in [2.75, 3.05) is 14.2 Å². The molecule has 5 rings (SSSR count). The highest BCUT2D eigenvalue weighted by Gasteiger charge is 2.35. The van der Waals surface area contributed by atoms with Crippen LogP contribution in [0.3, 0.4) is 0 Å². The first kappa shape index (κ1) is 25.8. The largest absolute Gasteiger partial charge is 0.465 e. The lowest BCUT2D eigenvalue weighted by atomic mass is 9.77. The van der Waals surface area contributed by atoms with Crippen molar-refractivity contribution in [1.82, 2.24) is 0 Å². The smallest absolute Gasteiger partial charge is 0.339 e. The summed E-state index contributed by atoms with van der Waals surface area (Å²) in [6.07, 6.45) is 3.57. The van der Waals surface area contributed by atoms with E-state index in [2.05, 4.69) is 31.2 Å². The fraction of sp³-hybridized carbons (Fsp3) is 0.212. The second kappa shape index (κ2) is 11.3. The van der Waals surface area contributed by atoms with Crippen LogP contribution in [0.2, 0.25) is 0 Å². The first-order valence-electron chi connectivity index (χ1n) is 12.9. The maximum Gasteiger partial charge on any atom is 0.339 e. The van der Waals surface area contributed by atoms with Gasteiger partial charge in [0.05, 0.1) is 25.3 Å². The van der Waals surface area contributed by atoms with Crippen LogP contribution in [-0.2, 0) is 15.9 Å². The molecule has 0 unspecified atom stereocenters. The maximum absolute atomic E-state index is 13.6. The molecular weight excluding hydrogens is 492 g/mol. The summed E-state index contributed by atoms with van der Waals surface area (Å²) in [7, 11) is 2.73. The lowest BCUT2D eigenvalue weighted by molar-refractivity contribution is 0.0555. The number of unbranched alkanes of at least 4 members (excludes halogenated alkanes) is 2. The van der Waals surface area contributed by atoms with Crippen LogP contribution in [0.15, 0.2) is 88.7 Å². The van der Waals surface area contributed by atoms with Crippen LogP contribution in [0.4, 0.5) is 0 Å². The van der Waals surface area contributed by atoms with E-state index in [0.29, 0.717) is 17.5 Å². The fourth-order valence-electron chi connectivity index (χ4n) is 5.34. The zero-order valence-corrected chi connectivity index (χ0v) is 22.7. The van der Waals surface area contributed by atoms with Crippen molar-refractivity contribution in [3.63, 3.8) is 0 Å². The molecule has 0 fully saturated rings. The highest BCUT2D eigenvalue weighted by Crippen LogP contribution is 2.54. The van der Waals surface area contributed by atoms with Crippen LogP contribution < -0.4 is 0 Å². The van der Waals surface area contributed by atoms with Gasteiger partial charge in [0.1, 0.15) is 0 Å². The predicted octanol–water partition coefficient (Wildman–Crippen LogP) is 8.46. The molecule has 0 amide bonds. The van der Waals surface area contributed by atoms with Crippen LogP contribution in [-0.4, -0.2) is 26.2 Å². The van der Waals surface area contributed by atoms with E-state index < -0.39 is 11.9 Å². The van der Waals surface area contributed by atoms with Crippen molar-refractivity contribution >= 4 is 23.7 Å². The minimum atomic E-state index is -0.550. The minimum absolute atomic E-state index is 0.259. The second-order valence-electron chi connectivity index (χ2n) is 9.25. The van der Waals surface area contributed by atoms with Gasteiger partial charge in [-0.2, -0.15) is 0 Å².